The quantitative estimate of drug-likeness (QED) is 0.842. The second kappa shape index (κ2) is 6.89. The predicted molar refractivity (Wildman–Crippen MR) is 90.4 cm³/mol. The van der Waals surface area contributed by atoms with Gasteiger partial charge in [0, 0.05) is 6.07 Å². The van der Waals surface area contributed by atoms with Gasteiger partial charge in [-0.15, -0.1) is 0 Å². The maximum Gasteiger partial charge on any atom is 0.413 e. The first-order valence-corrected chi connectivity index (χ1v) is 8.05. The topological polar surface area (TPSA) is 57.2 Å². The van der Waals surface area contributed by atoms with Gasteiger partial charge < -0.3 is 18.9 Å². The van der Waals surface area contributed by atoms with Crippen molar-refractivity contribution in [2.24, 2.45) is 0 Å². The van der Waals surface area contributed by atoms with Gasteiger partial charge in [0.2, 0.25) is 0 Å². The smallest absolute Gasteiger partial charge is 0.413 e. The van der Waals surface area contributed by atoms with E-state index in [0.717, 1.165) is 5.75 Å². The SMILES string of the molecule is COc1cccc(OC[C@@H]2COC(C)(C)N2C(=O)OC(C)(C)C)c1. The molecular weight excluding hydrogens is 310 g/mol. The molecule has 2 rings (SSSR count). The van der Waals surface area contributed by atoms with Gasteiger partial charge in [0.15, 0.2) is 0 Å². The Morgan fingerprint density at radius 1 is 1.33 bits per heavy atom. The molecule has 1 aromatic carbocycles. The highest BCUT2D eigenvalue weighted by molar-refractivity contribution is 5.69. The fraction of sp³-hybridized carbons (Fsp3) is 0.611. The van der Waals surface area contributed by atoms with Gasteiger partial charge in [-0.3, -0.25) is 4.90 Å². The predicted octanol–water partition coefficient (Wildman–Crippen LogP) is 3.45. The zero-order valence-corrected chi connectivity index (χ0v) is 15.3. The minimum atomic E-state index is -0.731. The number of ether oxygens (including phenoxy) is 4. The number of hydrogen-bond acceptors (Lipinski definition) is 5. The number of amides is 1. The van der Waals surface area contributed by atoms with Crippen LogP contribution >= 0.6 is 0 Å². The van der Waals surface area contributed by atoms with Gasteiger partial charge in [-0.25, -0.2) is 4.79 Å². The summed E-state index contributed by atoms with van der Waals surface area (Å²) in [5, 5.41) is 0. The molecule has 1 atom stereocenters. The maximum absolute atomic E-state index is 12.5. The van der Waals surface area contributed by atoms with Gasteiger partial charge in [0.1, 0.15) is 29.4 Å². The monoisotopic (exact) mass is 337 g/mol. The lowest BCUT2D eigenvalue weighted by atomic mass is 10.2. The molecule has 0 bridgehead atoms. The summed E-state index contributed by atoms with van der Waals surface area (Å²) in [6.45, 7) is 9.95. The summed E-state index contributed by atoms with van der Waals surface area (Å²) in [6.07, 6.45) is -0.399. The van der Waals surface area contributed by atoms with Gasteiger partial charge in [-0.2, -0.15) is 0 Å². The van der Waals surface area contributed by atoms with Gasteiger partial charge in [0.05, 0.1) is 19.8 Å². The van der Waals surface area contributed by atoms with Gasteiger partial charge in [-0.1, -0.05) is 6.07 Å². The van der Waals surface area contributed by atoms with Gasteiger partial charge >= 0.3 is 6.09 Å². The van der Waals surface area contributed by atoms with Crippen LogP contribution in [0.3, 0.4) is 0 Å². The molecule has 0 unspecified atom stereocenters. The molecule has 1 amide bonds. The molecule has 1 aliphatic heterocycles. The van der Waals surface area contributed by atoms with Crippen molar-refractivity contribution in [1.82, 2.24) is 4.90 Å². The summed E-state index contributed by atoms with van der Waals surface area (Å²) >= 11 is 0. The fourth-order valence-corrected chi connectivity index (χ4v) is 2.57. The summed E-state index contributed by atoms with van der Waals surface area (Å²) in [5.41, 5.74) is -1.29. The highest BCUT2D eigenvalue weighted by atomic mass is 16.6. The van der Waals surface area contributed by atoms with E-state index in [-0.39, 0.29) is 6.04 Å². The molecule has 6 heteroatoms. The summed E-state index contributed by atoms with van der Waals surface area (Å²) in [5.74, 6) is 1.41. The summed E-state index contributed by atoms with van der Waals surface area (Å²) in [4.78, 5) is 14.2. The minimum Gasteiger partial charge on any atom is -0.497 e. The molecule has 0 spiro atoms. The molecule has 0 saturated carbocycles. The zero-order valence-electron chi connectivity index (χ0n) is 15.3. The molecule has 6 nitrogen and oxygen atoms in total. The highest BCUT2D eigenvalue weighted by Gasteiger charge is 2.46. The Morgan fingerprint density at radius 3 is 2.62 bits per heavy atom. The minimum absolute atomic E-state index is 0.221. The molecule has 1 heterocycles. The summed E-state index contributed by atoms with van der Waals surface area (Å²) in [7, 11) is 1.61. The fourth-order valence-electron chi connectivity index (χ4n) is 2.57. The number of carbonyl (C=O) groups excluding carboxylic acids is 1. The van der Waals surface area contributed by atoms with E-state index in [2.05, 4.69) is 0 Å². The van der Waals surface area contributed by atoms with E-state index in [1.807, 2.05) is 52.8 Å². The van der Waals surface area contributed by atoms with Crippen LogP contribution < -0.4 is 9.47 Å². The Balaban J connectivity index is 2.06. The van der Waals surface area contributed by atoms with Crippen molar-refractivity contribution in [3.8, 4) is 11.5 Å². The molecule has 1 saturated heterocycles. The third-order valence-electron chi connectivity index (χ3n) is 3.65. The maximum atomic E-state index is 12.5. The lowest BCUT2D eigenvalue weighted by Gasteiger charge is -2.35. The lowest BCUT2D eigenvalue weighted by Crippen LogP contribution is -2.51. The Labute approximate surface area is 143 Å². The van der Waals surface area contributed by atoms with E-state index in [0.29, 0.717) is 19.0 Å². The Bertz CT molecular complexity index is 579. The summed E-state index contributed by atoms with van der Waals surface area (Å²) < 4.78 is 22.3. The van der Waals surface area contributed by atoms with Crippen molar-refractivity contribution in [3.63, 3.8) is 0 Å². The number of nitrogens with zero attached hydrogens (tertiary/aromatic N) is 1. The van der Waals surface area contributed by atoms with Crippen LogP contribution in [0, 0.1) is 0 Å². The standard InChI is InChI=1S/C18H27NO5/c1-17(2,3)24-16(20)19-13(12-23-18(19,4)5)11-22-15-9-7-8-14(10-15)21-6/h7-10,13H,11-12H2,1-6H3/t13-/m1/s1. The Kier molecular flexibility index (Phi) is 5.28. The molecule has 0 N–H and O–H groups in total. The summed E-state index contributed by atoms with van der Waals surface area (Å²) in [6, 6.07) is 7.14. The molecule has 1 aromatic rings. The first-order chi connectivity index (χ1) is 11.1. The molecule has 0 radical (unpaired) electrons. The van der Waals surface area contributed by atoms with Crippen molar-refractivity contribution in [2.75, 3.05) is 20.3 Å². The van der Waals surface area contributed by atoms with Gasteiger partial charge in [0.25, 0.3) is 0 Å². The molecule has 134 valence electrons. The molecule has 24 heavy (non-hydrogen) atoms. The second-order valence-electron chi connectivity index (χ2n) is 7.25. The third kappa shape index (κ3) is 4.54. The molecule has 0 aliphatic carbocycles. The Hall–Kier alpha value is -1.95. The van der Waals surface area contributed by atoms with Gasteiger partial charge in [-0.05, 0) is 46.8 Å². The molecular formula is C18H27NO5. The number of methoxy groups -OCH3 is 1. The average Bonchev–Trinajstić information content (AvgIpc) is 2.78. The van der Waals surface area contributed by atoms with E-state index in [4.69, 9.17) is 18.9 Å². The number of hydrogen-bond donors (Lipinski definition) is 0. The van der Waals surface area contributed by atoms with Crippen molar-refractivity contribution < 1.29 is 23.7 Å². The molecule has 1 fully saturated rings. The van der Waals surface area contributed by atoms with Crippen LogP contribution in [0.4, 0.5) is 4.79 Å². The largest absolute Gasteiger partial charge is 0.497 e. The van der Waals surface area contributed by atoms with E-state index in [9.17, 15) is 4.79 Å². The highest BCUT2D eigenvalue weighted by Crippen LogP contribution is 2.30. The molecule has 1 aliphatic rings. The zero-order chi connectivity index (χ0) is 18.0. The van der Waals surface area contributed by atoms with Crippen LogP contribution in [0.25, 0.3) is 0 Å². The van der Waals surface area contributed by atoms with Crippen LogP contribution in [-0.2, 0) is 9.47 Å². The van der Waals surface area contributed by atoms with E-state index in [1.165, 1.54) is 0 Å². The van der Waals surface area contributed by atoms with Crippen molar-refractivity contribution in [2.45, 2.75) is 52.0 Å². The average molecular weight is 337 g/mol. The van der Waals surface area contributed by atoms with E-state index < -0.39 is 17.4 Å². The van der Waals surface area contributed by atoms with Crippen LogP contribution in [-0.4, -0.2) is 48.7 Å². The second-order valence-corrected chi connectivity index (χ2v) is 7.25. The third-order valence-corrected chi connectivity index (χ3v) is 3.65. The van der Waals surface area contributed by atoms with Crippen molar-refractivity contribution in [3.05, 3.63) is 24.3 Å². The van der Waals surface area contributed by atoms with E-state index >= 15 is 0 Å². The van der Waals surface area contributed by atoms with E-state index in [1.54, 1.807) is 18.1 Å². The normalized spacial score (nSPS) is 19.9. The van der Waals surface area contributed by atoms with Crippen molar-refractivity contribution >= 4 is 6.09 Å². The van der Waals surface area contributed by atoms with Crippen LogP contribution in [0.5, 0.6) is 11.5 Å². The van der Waals surface area contributed by atoms with Crippen LogP contribution in [0.15, 0.2) is 24.3 Å². The first-order valence-electron chi connectivity index (χ1n) is 8.05. The number of rotatable bonds is 4. The number of carbonyl (C=O) groups is 1. The number of benzene rings is 1. The lowest BCUT2D eigenvalue weighted by molar-refractivity contribution is -0.0637. The molecule has 0 aromatic heterocycles. The van der Waals surface area contributed by atoms with Crippen LogP contribution in [0.1, 0.15) is 34.6 Å². The Morgan fingerprint density at radius 2 is 2.00 bits per heavy atom. The van der Waals surface area contributed by atoms with Crippen molar-refractivity contribution in [1.29, 1.82) is 0 Å². The van der Waals surface area contributed by atoms with Crippen LogP contribution in [0.2, 0.25) is 0 Å². The first kappa shape index (κ1) is 18.4.